The van der Waals surface area contributed by atoms with E-state index in [0.29, 0.717) is 24.5 Å². The maximum atomic E-state index is 12.6. The molecule has 1 atom stereocenters. The molecule has 0 saturated heterocycles. The SMILES string of the molecule is CSCC[C@@H](NC(=O)OCC1c2ccccc2-c2ccccc21)C(=O)NCCSCC(=O)O. The molecule has 1 aliphatic rings. The van der Waals surface area contributed by atoms with Crippen molar-refractivity contribution in [1.82, 2.24) is 10.6 Å². The van der Waals surface area contributed by atoms with Gasteiger partial charge in [-0.15, -0.1) is 11.8 Å². The highest BCUT2D eigenvalue weighted by atomic mass is 32.2. The Morgan fingerprint density at radius 3 is 2.27 bits per heavy atom. The molecule has 2 aromatic carbocycles. The second kappa shape index (κ2) is 12.6. The summed E-state index contributed by atoms with van der Waals surface area (Å²) in [6.07, 6.45) is 1.78. The molecule has 9 heteroatoms. The summed E-state index contributed by atoms with van der Waals surface area (Å²) in [5.41, 5.74) is 4.56. The molecule has 2 amide bonds. The molecular formula is C24H28N2O5S2. The van der Waals surface area contributed by atoms with Crippen LogP contribution in [0.15, 0.2) is 48.5 Å². The lowest BCUT2D eigenvalue weighted by Gasteiger charge is -2.19. The molecular weight excluding hydrogens is 460 g/mol. The van der Waals surface area contributed by atoms with Crippen molar-refractivity contribution < 1.29 is 24.2 Å². The molecule has 0 aromatic heterocycles. The van der Waals surface area contributed by atoms with Gasteiger partial charge in [0, 0.05) is 18.2 Å². The normalized spacial score (nSPS) is 13.0. The summed E-state index contributed by atoms with van der Waals surface area (Å²) in [5, 5.41) is 14.1. The van der Waals surface area contributed by atoms with Gasteiger partial charge in [0.25, 0.3) is 0 Å². The van der Waals surface area contributed by atoms with Crippen LogP contribution in [-0.4, -0.2) is 65.8 Å². The van der Waals surface area contributed by atoms with E-state index in [0.717, 1.165) is 22.3 Å². The first-order chi connectivity index (χ1) is 16.0. The summed E-state index contributed by atoms with van der Waals surface area (Å²) in [4.78, 5) is 35.7. The molecule has 0 radical (unpaired) electrons. The minimum absolute atomic E-state index is 0.0101. The fraction of sp³-hybridized carbons (Fsp3) is 0.375. The van der Waals surface area contributed by atoms with Gasteiger partial charge in [0.05, 0.1) is 5.75 Å². The van der Waals surface area contributed by atoms with E-state index in [4.69, 9.17) is 9.84 Å². The first kappa shape index (κ1) is 25.0. The molecule has 0 heterocycles. The van der Waals surface area contributed by atoms with Crippen molar-refractivity contribution in [1.29, 1.82) is 0 Å². The van der Waals surface area contributed by atoms with Crippen LogP contribution < -0.4 is 10.6 Å². The third kappa shape index (κ3) is 6.91. The molecule has 3 N–H and O–H groups in total. The number of fused-ring (bicyclic) bond motifs is 3. The van der Waals surface area contributed by atoms with Gasteiger partial charge in [-0.2, -0.15) is 11.8 Å². The van der Waals surface area contributed by atoms with Gasteiger partial charge in [-0.3, -0.25) is 9.59 Å². The number of carbonyl (C=O) groups is 3. The van der Waals surface area contributed by atoms with E-state index in [1.807, 2.05) is 30.5 Å². The number of nitrogens with one attached hydrogen (secondary N) is 2. The Morgan fingerprint density at radius 2 is 1.67 bits per heavy atom. The zero-order valence-electron chi connectivity index (χ0n) is 18.4. The first-order valence-corrected chi connectivity index (χ1v) is 13.2. The molecule has 0 bridgehead atoms. The molecule has 0 spiro atoms. The summed E-state index contributed by atoms with van der Waals surface area (Å²) >= 11 is 2.81. The Morgan fingerprint density at radius 1 is 1.03 bits per heavy atom. The smallest absolute Gasteiger partial charge is 0.407 e. The van der Waals surface area contributed by atoms with Crippen LogP contribution >= 0.6 is 23.5 Å². The van der Waals surface area contributed by atoms with Crippen LogP contribution in [-0.2, 0) is 14.3 Å². The molecule has 176 valence electrons. The van der Waals surface area contributed by atoms with Crippen LogP contribution in [0, 0.1) is 0 Å². The lowest BCUT2D eigenvalue weighted by molar-refractivity contribution is -0.133. The molecule has 0 aliphatic heterocycles. The first-order valence-electron chi connectivity index (χ1n) is 10.7. The standard InChI is InChI=1S/C24H28N2O5S2/c1-32-12-10-21(23(29)25-11-13-33-15-22(27)28)26-24(30)31-14-20-18-8-4-2-6-16(18)17-7-3-5-9-19(17)20/h2-9,20-21H,10-15H2,1H3,(H,25,29)(H,26,30)(H,27,28)/t21-/m1/s1. The van der Waals surface area contributed by atoms with Crippen LogP contribution in [0.5, 0.6) is 0 Å². The Kier molecular flexibility index (Phi) is 9.50. The number of amides is 2. The van der Waals surface area contributed by atoms with Crippen LogP contribution in [0.2, 0.25) is 0 Å². The maximum absolute atomic E-state index is 12.6. The quantitative estimate of drug-likeness (QED) is 0.392. The number of ether oxygens (including phenoxy) is 1. The van der Waals surface area contributed by atoms with Crippen molar-refractivity contribution in [3.8, 4) is 11.1 Å². The van der Waals surface area contributed by atoms with Gasteiger partial charge < -0.3 is 20.5 Å². The van der Waals surface area contributed by atoms with Gasteiger partial charge in [-0.25, -0.2) is 4.79 Å². The van der Waals surface area contributed by atoms with E-state index in [9.17, 15) is 14.4 Å². The number of hydrogen-bond donors (Lipinski definition) is 3. The number of hydrogen-bond acceptors (Lipinski definition) is 6. The molecule has 0 unspecified atom stereocenters. The summed E-state index contributed by atoms with van der Waals surface area (Å²) in [6, 6.07) is 15.5. The minimum atomic E-state index is -0.888. The van der Waals surface area contributed by atoms with E-state index in [1.165, 1.54) is 11.8 Å². The number of alkyl carbamates (subject to hydrolysis) is 1. The fourth-order valence-corrected chi connectivity index (χ4v) is 4.85. The number of thioether (sulfide) groups is 2. The van der Waals surface area contributed by atoms with E-state index in [2.05, 4.69) is 34.9 Å². The van der Waals surface area contributed by atoms with Crippen LogP contribution in [0.25, 0.3) is 11.1 Å². The molecule has 0 saturated carbocycles. The van der Waals surface area contributed by atoms with E-state index < -0.39 is 18.1 Å². The highest BCUT2D eigenvalue weighted by Gasteiger charge is 2.29. The number of carbonyl (C=O) groups excluding carboxylic acids is 2. The maximum Gasteiger partial charge on any atom is 0.407 e. The summed E-state index contributed by atoms with van der Waals surface area (Å²) in [7, 11) is 0. The van der Waals surface area contributed by atoms with Gasteiger partial charge in [0.15, 0.2) is 0 Å². The zero-order chi connectivity index (χ0) is 23.6. The highest BCUT2D eigenvalue weighted by Crippen LogP contribution is 2.44. The van der Waals surface area contributed by atoms with E-state index >= 15 is 0 Å². The minimum Gasteiger partial charge on any atom is -0.481 e. The molecule has 33 heavy (non-hydrogen) atoms. The second-order valence-corrected chi connectivity index (χ2v) is 9.63. The van der Waals surface area contributed by atoms with Gasteiger partial charge in [-0.05, 0) is 40.7 Å². The van der Waals surface area contributed by atoms with E-state index in [-0.39, 0.29) is 24.2 Å². The van der Waals surface area contributed by atoms with Crippen molar-refractivity contribution in [2.45, 2.75) is 18.4 Å². The second-order valence-electron chi connectivity index (χ2n) is 7.54. The molecule has 7 nitrogen and oxygen atoms in total. The monoisotopic (exact) mass is 488 g/mol. The average Bonchev–Trinajstić information content (AvgIpc) is 3.13. The predicted molar refractivity (Wildman–Crippen MR) is 133 cm³/mol. The molecule has 0 fully saturated rings. The van der Waals surface area contributed by atoms with Gasteiger partial charge in [0.1, 0.15) is 12.6 Å². The fourth-order valence-electron chi connectivity index (χ4n) is 3.82. The van der Waals surface area contributed by atoms with Crippen molar-refractivity contribution in [2.75, 3.05) is 36.7 Å². The third-order valence-corrected chi connectivity index (χ3v) is 6.92. The predicted octanol–water partition coefficient (Wildman–Crippen LogP) is 3.58. The number of carboxylic acid groups (broad SMARTS) is 1. The Balaban J connectivity index is 1.55. The van der Waals surface area contributed by atoms with Crippen molar-refractivity contribution in [3.05, 3.63) is 59.7 Å². The molecule has 3 rings (SSSR count). The Labute approximate surface area is 202 Å². The number of aliphatic carboxylic acids is 1. The van der Waals surface area contributed by atoms with Crippen molar-refractivity contribution >= 4 is 41.5 Å². The lowest BCUT2D eigenvalue weighted by Crippen LogP contribution is -2.47. The Bertz CT molecular complexity index is 939. The summed E-state index contributed by atoms with van der Waals surface area (Å²) < 4.78 is 5.56. The highest BCUT2D eigenvalue weighted by molar-refractivity contribution is 7.99. The average molecular weight is 489 g/mol. The van der Waals surface area contributed by atoms with Crippen LogP contribution in [0.3, 0.4) is 0 Å². The lowest BCUT2D eigenvalue weighted by atomic mass is 9.98. The van der Waals surface area contributed by atoms with Gasteiger partial charge in [-0.1, -0.05) is 48.5 Å². The Hall–Kier alpha value is -2.65. The van der Waals surface area contributed by atoms with Gasteiger partial charge in [0.2, 0.25) is 5.91 Å². The van der Waals surface area contributed by atoms with E-state index in [1.54, 1.807) is 11.8 Å². The van der Waals surface area contributed by atoms with Gasteiger partial charge >= 0.3 is 12.1 Å². The third-order valence-electron chi connectivity index (χ3n) is 5.33. The topological polar surface area (TPSA) is 105 Å². The zero-order valence-corrected chi connectivity index (χ0v) is 20.0. The van der Waals surface area contributed by atoms with Crippen LogP contribution in [0.1, 0.15) is 23.5 Å². The van der Waals surface area contributed by atoms with Crippen LogP contribution in [0.4, 0.5) is 4.79 Å². The number of benzene rings is 2. The number of rotatable bonds is 12. The van der Waals surface area contributed by atoms with Crippen molar-refractivity contribution in [3.63, 3.8) is 0 Å². The molecule has 1 aliphatic carbocycles. The van der Waals surface area contributed by atoms with Crippen molar-refractivity contribution in [2.24, 2.45) is 0 Å². The molecule has 2 aromatic rings. The summed E-state index contributed by atoms with van der Waals surface area (Å²) in [5.74, 6) is -0.0557. The number of carboxylic acids is 1. The largest absolute Gasteiger partial charge is 0.481 e. The summed E-state index contributed by atoms with van der Waals surface area (Å²) in [6.45, 7) is 0.515.